The monoisotopic (exact) mass is 390 g/mol. The van der Waals surface area contributed by atoms with E-state index in [1.807, 2.05) is 0 Å². The summed E-state index contributed by atoms with van der Waals surface area (Å²) in [5, 5.41) is 0. The summed E-state index contributed by atoms with van der Waals surface area (Å²) in [6, 6.07) is 17.2. The third kappa shape index (κ3) is 5.70. The second-order valence-electron chi connectivity index (χ2n) is 7.85. The first-order chi connectivity index (χ1) is 13.3. The Morgan fingerprint density at radius 1 is 0.857 bits per heavy atom. The lowest BCUT2D eigenvalue weighted by Crippen LogP contribution is -2.15. The van der Waals surface area contributed by atoms with E-state index in [1.54, 1.807) is 0 Å². The highest BCUT2D eigenvalue weighted by atomic mass is 19.4. The number of alkyl halides is 3. The Bertz CT molecular complexity index is 777. The molecule has 0 spiro atoms. The zero-order valence-corrected chi connectivity index (χ0v) is 16.1. The molecule has 4 heteroatoms. The van der Waals surface area contributed by atoms with Gasteiger partial charge in [0.2, 0.25) is 0 Å². The van der Waals surface area contributed by atoms with Gasteiger partial charge in [-0.3, -0.25) is 0 Å². The number of halogens is 4. The van der Waals surface area contributed by atoms with Gasteiger partial charge < -0.3 is 0 Å². The average Bonchev–Trinajstić information content (AvgIpc) is 2.68. The molecule has 0 bridgehead atoms. The van der Waals surface area contributed by atoms with Crippen LogP contribution in [-0.2, 0) is 12.8 Å². The van der Waals surface area contributed by atoms with E-state index in [9.17, 15) is 17.6 Å². The lowest BCUT2D eigenvalue weighted by molar-refractivity contribution is -0.109. The predicted molar refractivity (Wildman–Crippen MR) is 105 cm³/mol. The van der Waals surface area contributed by atoms with E-state index in [-0.39, 0.29) is 5.92 Å². The van der Waals surface area contributed by atoms with Crippen molar-refractivity contribution < 1.29 is 17.6 Å². The largest absolute Gasteiger partial charge is 0.442 e. The SMILES string of the molecule is Cc1ccc(CCc2ccc(C3CCC(C=C(F)C(F)(F)F)CC3)cc2)cc1. The first kappa shape index (κ1) is 20.6. The molecule has 2 aromatic rings. The molecule has 2 aromatic carbocycles. The molecule has 0 amide bonds. The van der Waals surface area contributed by atoms with Crippen molar-refractivity contribution in [1.82, 2.24) is 0 Å². The summed E-state index contributed by atoms with van der Waals surface area (Å²) in [6.07, 6.45) is 0.700. The summed E-state index contributed by atoms with van der Waals surface area (Å²) < 4.78 is 50.1. The molecular weight excluding hydrogens is 364 g/mol. The third-order valence-electron chi connectivity index (χ3n) is 5.70. The smallest absolute Gasteiger partial charge is 0.202 e. The molecule has 3 rings (SSSR count). The normalized spacial score (nSPS) is 21.0. The van der Waals surface area contributed by atoms with Crippen LogP contribution in [0.4, 0.5) is 17.6 Å². The number of rotatable bonds is 5. The molecule has 0 nitrogen and oxygen atoms in total. The molecule has 0 aliphatic heterocycles. The number of allylic oxidation sites excluding steroid dienone is 2. The van der Waals surface area contributed by atoms with Gasteiger partial charge in [-0.15, -0.1) is 0 Å². The molecule has 0 radical (unpaired) electrons. The summed E-state index contributed by atoms with van der Waals surface area (Å²) in [4.78, 5) is 0. The van der Waals surface area contributed by atoms with Crippen molar-refractivity contribution in [2.75, 3.05) is 0 Å². The topological polar surface area (TPSA) is 0 Å². The maximum atomic E-state index is 13.1. The van der Waals surface area contributed by atoms with Crippen molar-refractivity contribution in [2.45, 2.75) is 57.5 Å². The second-order valence-corrected chi connectivity index (χ2v) is 7.85. The van der Waals surface area contributed by atoms with Crippen LogP contribution in [0.2, 0.25) is 0 Å². The molecule has 0 saturated heterocycles. The maximum absolute atomic E-state index is 13.1. The average molecular weight is 390 g/mol. The van der Waals surface area contributed by atoms with Gasteiger partial charge in [0.15, 0.2) is 5.83 Å². The zero-order chi connectivity index (χ0) is 20.1. The van der Waals surface area contributed by atoms with Crippen LogP contribution in [0.3, 0.4) is 0 Å². The molecular formula is C24H26F4. The molecule has 28 heavy (non-hydrogen) atoms. The Morgan fingerprint density at radius 2 is 1.36 bits per heavy atom. The van der Waals surface area contributed by atoms with Gasteiger partial charge in [-0.1, -0.05) is 54.1 Å². The van der Waals surface area contributed by atoms with Crippen LogP contribution in [0.15, 0.2) is 60.4 Å². The summed E-state index contributed by atoms with van der Waals surface area (Å²) >= 11 is 0. The van der Waals surface area contributed by atoms with Gasteiger partial charge in [-0.05, 0) is 80.1 Å². The first-order valence-corrected chi connectivity index (χ1v) is 9.90. The van der Waals surface area contributed by atoms with E-state index < -0.39 is 12.0 Å². The molecule has 150 valence electrons. The number of hydrogen-bond acceptors (Lipinski definition) is 0. The van der Waals surface area contributed by atoms with Gasteiger partial charge in [-0.25, -0.2) is 4.39 Å². The minimum Gasteiger partial charge on any atom is -0.202 e. The Hall–Kier alpha value is -2.10. The van der Waals surface area contributed by atoms with Crippen molar-refractivity contribution in [3.8, 4) is 0 Å². The van der Waals surface area contributed by atoms with Crippen molar-refractivity contribution in [3.05, 3.63) is 82.7 Å². The number of aryl methyl sites for hydroxylation is 3. The quantitative estimate of drug-likeness (QED) is 0.465. The Kier molecular flexibility index (Phi) is 6.58. The van der Waals surface area contributed by atoms with Crippen LogP contribution in [0.5, 0.6) is 0 Å². The summed E-state index contributed by atoms with van der Waals surface area (Å²) in [7, 11) is 0. The summed E-state index contributed by atoms with van der Waals surface area (Å²) in [5.41, 5.74) is 5.11. The van der Waals surface area contributed by atoms with Crippen LogP contribution in [-0.4, -0.2) is 6.18 Å². The van der Waals surface area contributed by atoms with E-state index in [0.29, 0.717) is 18.8 Å². The Morgan fingerprint density at radius 3 is 1.86 bits per heavy atom. The fourth-order valence-electron chi connectivity index (χ4n) is 3.92. The Labute approximate surface area is 164 Å². The van der Waals surface area contributed by atoms with Crippen molar-refractivity contribution in [1.29, 1.82) is 0 Å². The van der Waals surface area contributed by atoms with E-state index in [4.69, 9.17) is 0 Å². The van der Waals surface area contributed by atoms with Crippen LogP contribution in [0.1, 0.15) is 53.9 Å². The molecule has 1 aliphatic rings. The fourth-order valence-corrected chi connectivity index (χ4v) is 3.92. The van der Waals surface area contributed by atoms with Gasteiger partial charge >= 0.3 is 6.18 Å². The zero-order valence-electron chi connectivity index (χ0n) is 16.1. The minimum atomic E-state index is -4.86. The van der Waals surface area contributed by atoms with Crippen LogP contribution < -0.4 is 0 Å². The summed E-state index contributed by atoms with van der Waals surface area (Å²) in [6.45, 7) is 2.08. The minimum absolute atomic E-state index is 0.313. The van der Waals surface area contributed by atoms with Gasteiger partial charge in [0, 0.05) is 0 Å². The highest BCUT2D eigenvalue weighted by molar-refractivity contribution is 5.28. The highest BCUT2D eigenvalue weighted by Crippen LogP contribution is 2.38. The lowest BCUT2D eigenvalue weighted by Gasteiger charge is -2.27. The van der Waals surface area contributed by atoms with E-state index in [0.717, 1.165) is 31.8 Å². The highest BCUT2D eigenvalue weighted by Gasteiger charge is 2.35. The van der Waals surface area contributed by atoms with Crippen molar-refractivity contribution in [3.63, 3.8) is 0 Å². The van der Waals surface area contributed by atoms with Crippen LogP contribution in [0.25, 0.3) is 0 Å². The maximum Gasteiger partial charge on any atom is 0.442 e. The summed E-state index contributed by atoms with van der Waals surface area (Å²) in [5.74, 6) is -1.91. The second kappa shape index (κ2) is 8.93. The van der Waals surface area contributed by atoms with Crippen LogP contribution in [0, 0.1) is 12.8 Å². The predicted octanol–water partition coefficient (Wildman–Crippen LogP) is 7.47. The van der Waals surface area contributed by atoms with E-state index >= 15 is 0 Å². The number of hydrogen-bond donors (Lipinski definition) is 0. The first-order valence-electron chi connectivity index (χ1n) is 9.90. The molecule has 1 fully saturated rings. The number of benzene rings is 2. The fraction of sp³-hybridized carbons (Fsp3) is 0.417. The lowest BCUT2D eigenvalue weighted by atomic mass is 9.78. The van der Waals surface area contributed by atoms with Crippen molar-refractivity contribution >= 4 is 0 Å². The van der Waals surface area contributed by atoms with Gasteiger partial charge in [0.25, 0.3) is 0 Å². The van der Waals surface area contributed by atoms with Crippen molar-refractivity contribution in [2.24, 2.45) is 5.92 Å². The molecule has 1 saturated carbocycles. The molecule has 0 aromatic heterocycles. The molecule has 0 heterocycles. The van der Waals surface area contributed by atoms with E-state index in [2.05, 4.69) is 55.5 Å². The molecule has 0 N–H and O–H groups in total. The third-order valence-corrected chi connectivity index (χ3v) is 5.70. The standard InChI is InChI=1S/C24H26F4/c1-17-2-4-18(5-3-17)6-7-19-8-12-21(13-9-19)22-14-10-20(11-15-22)16-23(25)24(26,27)28/h2-5,8-9,12-13,16,20,22H,6-7,10-11,14-15H2,1H3. The molecule has 0 unspecified atom stereocenters. The van der Waals surface area contributed by atoms with E-state index in [1.165, 1.54) is 22.3 Å². The van der Waals surface area contributed by atoms with Crippen LogP contribution >= 0.6 is 0 Å². The molecule has 0 atom stereocenters. The molecule has 1 aliphatic carbocycles. The van der Waals surface area contributed by atoms with Gasteiger partial charge in [0.1, 0.15) is 0 Å². The Balaban J connectivity index is 1.51. The van der Waals surface area contributed by atoms with Gasteiger partial charge in [-0.2, -0.15) is 13.2 Å². The van der Waals surface area contributed by atoms with Gasteiger partial charge in [0.05, 0.1) is 0 Å².